The first-order chi connectivity index (χ1) is 6.52. The highest BCUT2D eigenvalue weighted by Gasteiger charge is 2.16. The topological polar surface area (TPSA) is 40.5 Å². The summed E-state index contributed by atoms with van der Waals surface area (Å²) < 4.78 is 0.984. The number of carbonyl (C=O) groups is 1. The van der Waals surface area contributed by atoms with Crippen molar-refractivity contribution in [3.05, 3.63) is 28.7 Å². The van der Waals surface area contributed by atoms with E-state index in [1.165, 1.54) is 0 Å². The van der Waals surface area contributed by atoms with Crippen LogP contribution in [-0.4, -0.2) is 24.2 Å². The van der Waals surface area contributed by atoms with Crippen molar-refractivity contribution in [1.29, 1.82) is 0 Å². The van der Waals surface area contributed by atoms with Gasteiger partial charge in [0, 0.05) is 17.2 Å². The minimum Gasteiger partial charge on any atom is -0.480 e. The Kier molecular flexibility index (Phi) is 3.52. The Bertz CT molecular complexity index is 323. The second kappa shape index (κ2) is 4.46. The highest BCUT2D eigenvalue weighted by molar-refractivity contribution is 9.10. The van der Waals surface area contributed by atoms with Crippen LogP contribution >= 0.6 is 15.9 Å². The molecule has 0 bridgehead atoms. The molecule has 3 nitrogen and oxygen atoms in total. The monoisotopic (exact) mass is 257 g/mol. The number of hydrogen-bond donors (Lipinski definition) is 1. The van der Waals surface area contributed by atoms with Crippen molar-refractivity contribution in [3.63, 3.8) is 0 Å². The number of nitrogens with zero attached hydrogens (tertiary/aromatic N) is 1. The van der Waals surface area contributed by atoms with Crippen molar-refractivity contribution >= 4 is 27.6 Å². The number of anilines is 1. The van der Waals surface area contributed by atoms with E-state index in [1.54, 1.807) is 18.9 Å². The van der Waals surface area contributed by atoms with E-state index in [2.05, 4.69) is 15.9 Å². The van der Waals surface area contributed by atoms with E-state index in [4.69, 9.17) is 5.11 Å². The number of carboxylic acid groups (broad SMARTS) is 1. The number of hydrogen-bond acceptors (Lipinski definition) is 2. The van der Waals surface area contributed by atoms with E-state index >= 15 is 0 Å². The van der Waals surface area contributed by atoms with Crippen LogP contribution in [-0.2, 0) is 4.79 Å². The summed E-state index contributed by atoms with van der Waals surface area (Å²) in [5.41, 5.74) is 0.892. The first-order valence-corrected chi connectivity index (χ1v) is 5.03. The predicted molar refractivity (Wildman–Crippen MR) is 59.6 cm³/mol. The van der Waals surface area contributed by atoms with Gasteiger partial charge in [0.25, 0.3) is 0 Å². The third-order valence-corrected chi connectivity index (χ3v) is 2.70. The molecule has 0 radical (unpaired) electrons. The summed E-state index contributed by atoms with van der Waals surface area (Å²) in [7, 11) is 1.77. The molecule has 14 heavy (non-hydrogen) atoms. The maximum absolute atomic E-state index is 10.7. The van der Waals surface area contributed by atoms with Crippen LogP contribution in [0, 0.1) is 0 Å². The molecule has 0 saturated heterocycles. The van der Waals surface area contributed by atoms with Crippen LogP contribution in [0.15, 0.2) is 28.7 Å². The Morgan fingerprint density at radius 2 is 1.93 bits per heavy atom. The van der Waals surface area contributed by atoms with Gasteiger partial charge in [-0.1, -0.05) is 15.9 Å². The Balaban J connectivity index is 2.84. The van der Waals surface area contributed by atoms with Crippen LogP contribution in [0.4, 0.5) is 5.69 Å². The van der Waals surface area contributed by atoms with Crippen molar-refractivity contribution in [2.24, 2.45) is 0 Å². The van der Waals surface area contributed by atoms with Crippen LogP contribution in [0.25, 0.3) is 0 Å². The quantitative estimate of drug-likeness (QED) is 0.904. The van der Waals surface area contributed by atoms with Gasteiger partial charge in [0.05, 0.1) is 0 Å². The van der Waals surface area contributed by atoms with Gasteiger partial charge in [-0.25, -0.2) is 4.79 Å². The Hall–Kier alpha value is -1.03. The minimum absolute atomic E-state index is 0.517. The van der Waals surface area contributed by atoms with Gasteiger partial charge in [-0.3, -0.25) is 0 Å². The average molecular weight is 258 g/mol. The molecule has 4 heteroatoms. The van der Waals surface area contributed by atoms with Crippen LogP contribution < -0.4 is 4.90 Å². The lowest BCUT2D eigenvalue weighted by Gasteiger charge is -2.23. The molecule has 1 rings (SSSR count). The van der Waals surface area contributed by atoms with Gasteiger partial charge in [0.1, 0.15) is 6.04 Å². The minimum atomic E-state index is -0.824. The maximum Gasteiger partial charge on any atom is 0.326 e. The van der Waals surface area contributed by atoms with E-state index in [1.807, 2.05) is 24.3 Å². The highest BCUT2D eigenvalue weighted by atomic mass is 79.9. The number of likely N-dealkylation sites (N-methyl/N-ethyl adjacent to an activating group) is 1. The highest BCUT2D eigenvalue weighted by Crippen LogP contribution is 2.18. The second-order valence-electron chi connectivity index (χ2n) is 3.10. The van der Waals surface area contributed by atoms with Gasteiger partial charge in [0.15, 0.2) is 0 Å². The van der Waals surface area contributed by atoms with E-state index in [-0.39, 0.29) is 0 Å². The standard InChI is InChI=1S/C10H12BrNO2/c1-7(10(13)14)12(2)9-5-3-8(11)4-6-9/h3-7H,1-2H3,(H,13,14)/t7-/m1/s1. The summed E-state index contributed by atoms with van der Waals surface area (Å²) in [6, 6.07) is 7.02. The van der Waals surface area contributed by atoms with Gasteiger partial charge in [0.2, 0.25) is 0 Å². The summed E-state index contributed by atoms with van der Waals surface area (Å²) in [4.78, 5) is 12.4. The smallest absolute Gasteiger partial charge is 0.326 e. The van der Waals surface area contributed by atoms with E-state index < -0.39 is 12.0 Å². The Morgan fingerprint density at radius 3 is 2.36 bits per heavy atom. The lowest BCUT2D eigenvalue weighted by Crippen LogP contribution is -2.35. The van der Waals surface area contributed by atoms with Gasteiger partial charge in [-0.05, 0) is 31.2 Å². The Morgan fingerprint density at radius 1 is 1.43 bits per heavy atom. The molecule has 0 heterocycles. The zero-order chi connectivity index (χ0) is 10.7. The Labute approximate surface area is 91.5 Å². The molecule has 0 spiro atoms. The summed E-state index contributed by atoms with van der Waals surface area (Å²) in [6.45, 7) is 1.66. The number of benzene rings is 1. The molecule has 1 aromatic carbocycles. The largest absolute Gasteiger partial charge is 0.480 e. The molecule has 0 aliphatic carbocycles. The molecule has 0 amide bonds. The molecule has 0 aliphatic heterocycles. The fourth-order valence-electron chi connectivity index (χ4n) is 1.07. The van der Waals surface area contributed by atoms with Gasteiger partial charge < -0.3 is 10.0 Å². The number of carboxylic acids is 1. The number of halogens is 1. The zero-order valence-electron chi connectivity index (χ0n) is 8.07. The zero-order valence-corrected chi connectivity index (χ0v) is 9.65. The van der Waals surface area contributed by atoms with Crippen LogP contribution in [0.5, 0.6) is 0 Å². The summed E-state index contributed by atoms with van der Waals surface area (Å²) in [5.74, 6) is -0.824. The predicted octanol–water partition coefficient (Wildman–Crippen LogP) is 2.36. The number of rotatable bonds is 3. The SMILES string of the molecule is C[C@H](C(=O)O)N(C)c1ccc(Br)cc1. The van der Waals surface area contributed by atoms with E-state index in [9.17, 15) is 4.79 Å². The fourth-order valence-corrected chi connectivity index (χ4v) is 1.33. The maximum atomic E-state index is 10.7. The van der Waals surface area contributed by atoms with Gasteiger partial charge in [-0.15, -0.1) is 0 Å². The molecule has 1 aromatic rings. The van der Waals surface area contributed by atoms with Crippen molar-refractivity contribution in [3.8, 4) is 0 Å². The molecule has 1 atom stereocenters. The number of aliphatic carboxylic acids is 1. The first-order valence-electron chi connectivity index (χ1n) is 4.23. The van der Waals surface area contributed by atoms with E-state index in [0.717, 1.165) is 10.2 Å². The van der Waals surface area contributed by atoms with Crippen LogP contribution in [0.3, 0.4) is 0 Å². The molecule has 0 aliphatic rings. The summed E-state index contributed by atoms with van der Waals surface area (Å²) in [5, 5.41) is 8.82. The van der Waals surface area contributed by atoms with Crippen LogP contribution in [0.1, 0.15) is 6.92 Å². The molecule has 0 saturated carbocycles. The van der Waals surface area contributed by atoms with E-state index in [0.29, 0.717) is 0 Å². The average Bonchev–Trinajstić information content (AvgIpc) is 2.16. The fraction of sp³-hybridized carbons (Fsp3) is 0.300. The lowest BCUT2D eigenvalue weighted by molar-refractivity contribution is -0.138. The van der Waals surface area contributed by atoms with Gasteiger partial charge in [-0.2, -0.15) is 0 Å². The second-order valence-corrected chi connectivity index (χ2v) is 4.02. The van der Waals surface area contributed by atoms with Gasteiger partial charge >= 0.3 is 5.97 Å². The van der Waals surface area contributed by atoms with Crippen LogP contribution in [0.2, 0.25) is 0 Å². The third kappa shape index (κ3) is 2.48. The van der Waals surface area contributed by atoms with Crippen molar-refractivity contribution in [2.75, 3.05) is 11.9 Å². The molecular formula is C10H12BrNO2. The normalized spacial score (nSPS) is 12.2. The van der Waals surface area contributed by atoms with Crippen molar-refractivity contribution in [2.45, 2.75) is 13.0 Å². The summed E-state index contributed by atoms with van der Waals surface area (Å²) >= 11 is 3.33. The van der Waals surface area contributed by atoms with Crippen molar-refractivity contribution < 1.29 is 9.90 Å². The molecule has 0 aromatic heterocycles. The summed E-state index contributed by atoms with van der Waals surface area (Å²) in [6.07, 6.45) is 0. The molecule has 76 valence electrons. The molecule has 0 fully saturated rings. The molecule has 1 N–H and O–H groups in total. The molecule has 0 unspecified atom stereocenters. The first kappa shape index (κ1) is 11.0. The molecular weight excluding hydrogens is 246 g/mol. The third-order valence-electron chi connectivity index (χ3n) is 2.17. The lowest BCUT2D eigenvalue weighted by atomic mass is 10.2. The van der Waals surface area contributed by atoms with Crippen molar-refractivity contribution in [1.82, 2.24) is 0 Å².